The number of methoxy groups -OCH3 is 1. The Labute approximate surface area is 147 Å². The first-order valence-corrected chi connectivity index (χ1v) is 7.92. The molecule has 0 aromatic heterocycles. The zero-order valence-electron chi connectivity index (χ0n) is 12.7. The van der Waals surface area contributed by atoms with Crippen molar-refractivity contribution in [3.63, 3.8) is 0 Å². The van der Waals surface area contributed by atoms with Gasteiger partial charge in [-0.25, -0.2) is 0 Å². The molecule has 1 fully saturated rings. The first-order chi connectivity index (χ1) is 11.2. The number of ether oxygens (including phenoxy) is 1. The summed E-state index contributed by atoms with van der Waals surface area (Å²) in [6.07, 6.45) is -1.49. The summed E-state index contributed by atoms with van der Waals surface area (Å²) in [7, 11) is 1.49. The molecule has 1 aliphatic heterocycles. The average Bonchev–Trinajstić information content (AvgIpc) is 3.17. The second kappa shape index (κ2) is 5.64. The van der Waals surface area contributed by atoms with Crippen LogP contribution in [0.2, 0.25) is 10.0 Å². The van der Waals surface area contributed by atoms with Crippen LogP contribution in [0.1, 0.15) is 12.0 Å². The monoisotopic (exact) mass is 379 g/mol. The zero-order valence-corrected chi connectivity index (χ0v) is 14.2. The molecule has 130 valence electrons. The lowest BCUT2D eigenvalue weighted by atomic mass is 9.84. The minimum Gasteiger partial charge on any atom is -0.384 e. The number of nitrogens with zero attached hydrogens (tertiary/aromatic N) is 1. The van der Waals surface area contributed by atoms with Gasteiger partial charge in [0.15, 0.2) is 0 Å². The SMILES string of the molecule is COC[C@]12CN(C(=O)C(F)(F)F)C=C[C@@]1(c1ccc(Cl)c(Cl)c1)C2. The van der Waals surface area contributed by atoms with Crippen molar-refractivity contribution < 1.29 is 22.7 Å². The van der Waals surface area contributed by atoms with E-state index in [0.29, 0.717) is 21.4 Å². The summed E-state index contributed by atoms with van der Waals surface area (Å²) < 4.78 is 43.4. The summed E-state index contributed by atoms with van der Waals surface area (Å²) in [6.45, 7) is 0.176. The number of amides is 1. The second-order valence-electron chi connectivity index (χ2n) is 6.24. The fourth-order valence-electron chi connectivity index (χ4n) is 3.60. The summed E-state index contributed by atoms with van der Waals surface area (Å²) in [5, 5.41) is 0.785. The largest absolute Gasteiger partial charge is 0.471 e. The number of carbonyl (C=O) groups excluding carboxylic acids is 1. The van der Waals surface area contributed by atoms with Gasteiger partial charge in [-0.2, -0.15) is 13.2 Å². The van der Waals surface area contributed by atoms with Crippen LogP contribution in [0, 0.1) is 5.41 Å². The van der Waals surface area contributed by atoms with Gasteiger partial charge in [0.05, 0.1) is 16.7 Å². The molecule has 8 heteroatoms. The van der Waals surface area contributed by atoms with Gasteiger partial charge in [-0.05, 0) is 24.1 Å². The summed E-state index contributed by atoms with van der Waals surface area (Å²) in [5.74, 6) is -1.87. The van der Waals surface area contributed by atoms with Crippen molar-refractivity contribution in [1.29, 1.82) is 0 Å². The van der Waals surface area contributed by atoms with Gasteiger partial charge in [-0.3, -0.25) is 4.79 Å². The van der Waals surface area contributed by atoms with E-state index in [1.165, 1.54) is 13.3 Å². The molecule has 2 aliphatic rings. The van der Waals surface area contributed by atoms with Crippen molar-refractivity contribution in [2.45, 2.75) is 18.0 Å². The van der Waals surface area contributed by atoms with Crippen LogP contribution in [0.4, 0.5) is 13.2 Å². The van der Waals surface area contributed by atoms with Crippen molar-refractivity contribution in [2.24, 2.45) is 5.41 Å². The van der Waals surface area contributed by atoms with E-state index in [-0.39, 0.29) is 13.2 Å². The third-order valence-electron chi connectivity index (χ3n) is 4.81. The van der Waals surface area contributed by atoms with Crippen LogP contribution in [-0.2, 0) is 14.9 Å². The van der Waals surface area contributed by atoms with Gasteiger partial charge in [-0.15, -0.1) is 0 Å². The van der Waals surface area contributed by atoms with Crippen LogP contribution in [0.5, 0.6) is 0 Å². The van der Waals surface area contributed by atoms with Gasteiger partial charge in [-0.1, -0.05) is 35.3 Å². The predicted octanol–water partition coefficient (Wildman–Crippen LogP) is 4.19. The molecular weight excluding hydrogens is 366 g/mol. The number of fused-ring (bicyclic) bond motifs is 1. The Bertz CT molecular complexity index is 722. The van der Waals surface area contributed by atoms with E-state index < -0.39 is 22.9 Å². The minimum atomic E-state index is -4.91. The molecule has 1 aromatic rings. The molecule has 1 amide bonds. The highest BCUT2D eigenvalue weighted by Gasteiger charge is 2.69. The molecule has 1 aliphatic carbocycles. The Morgan fingerprint density at radius 3 is 2.62 bits per heavy atom. The van der Waals surface area contributed by atoms with Gasteiger partial charge in [0.25, 0.3) is 0 Å². The number of hydrogen-bond acceptors (Lipinski definition) is 2. The molecule has 0 N–H and O–H groups in total. The summed E-state index contributed by atoms with van der Waals surface area (Å²) in [5.41, 5.74) is -0.252. The molecule has 0 unspecified atom stereocenters. The van der Waals surface area contributed by atoms with Crippen LogP contribution < -0.4 is 0 Å². The van der Waals surface area contributed by atoms with Gasteiger partial charge in [0, 0.05) is 30.7 Å². The number of halogens is 5. The van der Waals surface area contributed by atoms with Crippen molar-refractivity contribution in [1.82, 2.24) is 4.90 Å². The number of benzene rings is 1. The molecule has 0 bridgehead atoms. The molecule has 0 spiro atoms. The number of rotatable bonds is 3. The van der Waals surface area contributed by atoms with Crippen molar-refractivity contribution in [2.75, 3.05) is 20.3 Å². The second-order valence-corrected chi connectivity index (χ2v) is 7.05. The van der Waals surface area contributed by atoms with Crippen molar-refractivity contribution >= 4 is 29.1 Å². The Balaban J connectivity index is 1.98. The lowest BCUT2D eigenvalue weighted by Crippen LogP contribution is -2.45. The first-order valence-electron chi connectivity index (χ1n) is 7.17. The molecular formula is C16H14Cl2F3NO2. The Hall–Kier alpha value is -1.24. The maximum atomic E-state index is 12.7. The normalized spacial score (nSPS) is 28.7. The fourth-order valence-corrected chi connectivity index (χ4v) is 3.90. The lowest BCUT2D eigenvalue weighted by molar-refractivity contribution is -0.183. The summed E-state index contributed by atoms with van der Waals surface area (Å²) in [4.78, 5) is 12.3. The summed E-state index contributed by atoms with van der Waals surface area (Å²) >= 11 is 12.0. The van der Waals surface area contributed by atoms with E-state index in [9.17, 15) is 18.0 Å². The molecule has 2 atom stereocenters. The quantitative estimate of drug-likeness (QED) is 0.787. The smallest absolute Gasteiger partial charge is 0.384 e. The summed E-state index contributed by atoms with van der Waals surface area (Å²) in [6, 6.07) is 5.18. The lowest BCUT2D eigenvalue weighted by Gasteiger charge is -2.33. The highest BCUT2D eigenvalue weighted by Crippen LogP contribution is 2.68. The minimum absolute atomic E-state index is 0.0596. The van der Waals surface area contributed by atoms with Gasteiger partial charge in [0.1, 0.15) is 0 Å². The van der Waals surface area contributed by atoms with E-state index in [1.807, 2.05) is 0 Å². The number of allylic oxidation sites excluding steroid dienone is 1. The van der Waals surface area contributed by atoms with E-state index >= 15 is 0 Å². The zero-order chi connectivity index (χ0) is 17.8. The third-order valence-corrected chi connectivity index (χ3v) is 5.55. The van der Waals surface area contributed by atoms with Crippen LogP contribution in [0.15, 0.2) is 30.5 Å². The third kappa shape index (κ3) is 2.61. The molecule has 0 saturated heterocycles. The van der Waals surface area contributed by atoms with Crippen molar-refractivity contribution in [3.8, 4) is 0 Å². The topological polar surface area (TPSA) is 29.5 Å². The van der Waals surface area contributed by atoms with E-state index in [4.69, 9.17) is 27.9 Å². The van der Waals surface area contributed by atoms with E-state index in [1.54, 1.807) is 24.3 Å². The van der Waals surface area contributed by atoms with E-state index in [0.717, 1.165) is 5.56 Å². The highest BCUT2D eigenvalue weighted by molar-refractivity contribution is 6.42. The van der Waals surface area contributed by atoms with Gasteiger partial charge >= 0.3 is 12.1 Å². The van der Waals surface area contributed by atoms with Gasteiger partial charge in [0.2, 0.25) is 0 Å². The predicted molar refractivity (Wildman–Crippen MR) is 84.0 cm³/mol. The maximum Gasteiger partial charge on any atom is 0.471 e. The molecule has 3 nitrogen and oxygen atoms in total. The maximum absolute atomic E-state index is 12.7. The molecule has 1 aromatic carbocycles. The van der Waals surface area contributed by atoms with Crippen LogP contribution in [-0.4, -0.2) is 37.2 Å². The molecule has 24 heavy (non-hydrogen) atoms. The number of alkyl halides is 3. The molecule has 1 heterocycles. The number of carbonyl (C=O) groups is 1. The first kappa shape index (κ1) is 17.6. The number of hydrogen-bond donors (Lipinski definition) is 0. The molecule has 3 rings (SSSR count). The Morgan fingerprint density at radius 2 is 2.04 bits per heavy atom. The standard InChI is InChI=1S/C16H14Cl2F3NO2/c1-24-9-14-7-15(14,10-2-3-11(17)12(18)6-10)4-5-22(8-14)13(23)16(19,20)21/h2-6H,7-9H2,1H3/t14-,15-/m0/s1. The van der Waals surface area contributed by atoms with Crippen LogP contribution in [0.3, 0.4) is 0 Å². The van der Waals surface area contributed by atoms with Crippen molar-refractivity contribution in [3.05, 3.63) is 46.1 Å². The molecule has 1 saturated carbocycles. The Morgan fingerprint density at radius 1 is 1.33 bits per heavy atom. The average molecular weight is 380 g/mol. The highest BCUT2D eigenvalue weighted by atomic mass is 35.5. The van der Waals surface area contributed by atoms with E-state index in [2.05, 4.69) is 0 Å². The van der Waals surface area contributed by atoms with Gasteiger partial charge < -0.3 is 9.64 Å². The Kier molecular flexibility index (Phi) is 4.13. The fraction of sp³-hybridized carbons (Fsp3) is 0.438. The van der Waals surface area contributed by atoms with Crippen LogP contribution >= 0.6 is 23.2 Å². The van der Waals surface area contributed by atoms with Crippen LogP contribution in [0.25, 0.3) is 0 Å². The molecule has 0 radical (unpaired) electrons.